The molecule has 1 aromatic rings. The Kier molecular flexibility index (Phi) is 2.99. The lowest BCUT2D eigenvalue weighted by Gasteiger charge is -2.24. The molecule has 0 N–H and O–H groups in total. The van der Waals surface area contributed by atoms with E-state index in [0.29, 0.717) is 6.04 Å². The van der Waals surface area contributed by atoms with Gasteiger partial charge in [-0.3, -0.25) is 9.78 Å². The highest BCUT2D eigenvalue weighted by Gasteiger charge is 2.23. The number of aromatic nitrogens is 1. The van der Waals surface area contributed by atoms with E-state index in [1.54, 1.807) is 24.5 Å². The summed E-state index contributed by atoms with van der Waals surface area (Å²) in [7, 11) is 1.90. The highest BCUT2D eigenvalue weighted by atomic mass is 16.2. The molecule has 3 nitrogen and oxygen atoms in total. The van der Waals surface area contributed by atoms with Gasteiger partial charge in [0.1, 0.15) is 0 Å². The molecule has 0 radical (unpaired) electrons. The van der Waals surface area contributed by atoms with Crippen LogP contribution in [0, 0.1) is 0 Å². The Morgan fingerprint density at radius 1 is 1.33 bits per heavy atom. The quantitative estimate of drug-likeness (QED) is 0.739. The van der Waals surface area contributed by atoms with E-state index in [1.807, 2.05) is 11.9 Å². The van der Waals surface area contributed by atoms with Crippen LogP contribution in [-0.2, 0) is 0 Å². The summed E-state index contributed by atoms with van der Waals surface area (Å²) in [6.07, 6.45) is 8.11. The topological polar surface area (TPSA) is 33.2 Å². The zero-order valence-corrected chi connectivity index (χ0v) is 9.02. The number of nitrogens with zero attached hydrogens (tertiary/aromatic N) is 2. The molecule has 1 fully saturated rings. The second-order valence-electron chi connectivity index (χ2n) is 4.09. The summed E-state index contributed by atoms with van der Waals surface area (Å²) in [5, 5.41) is 0. The second-order valence-corrected chi connectivity index (χ2v) is 4.09. The predicted octanol–water partition coefficient (Wildman–Crippen LogP) is 2.10. The van der Waals surface area contributed by atoms with E-state index in [9.17, 15) is 4.79 Å². The monoisotopic (exact) mass is 204 g/mol. The van der Waals surface area contributed by atoms with E-state index >= 15 is 0 Å². The molecule has 1 saturated carbocycles. The van der Waals surface area contributed by atoms with Crippen LogP contribution in [-0.4, -0.2) is 28.9 Å². The molecule has 0 aromatic carbocycles. The average Bonchev–Trinajstić information content (AvgIpc) is 2.82. The highest BCUT2D eigenvalue weighted by molar-refractivity contribution is 5.94. The van der Waals surface area contributed by atoms with E-state index in [2.05, 4.69) is 4.98 Å². The van der Waals surface area contributed by atoms with Gasteiger partial charge < -0.3 is 4.90 Å². The van der Waals surface area contributed by atoms with Crippen molar-refractivity contribution in [1.29, 1.82) is 0 Å². The van der Waals surface area contributed by atoms with Gasteiger partial charge in [0.25, 0.3) is 5.91 Å². The van der Waals surface area contributed by atoms with E-state index in [1.165, 1.54) is 12.8 Å². The third-order valence-electron chi connectivity index (χ3n) is 3.12. The van der Waals surface area contributed by atoms with Gasteiger partial charge in [-0.2, -0.15) is 0 Å². The maximum atomic E-state index is 12.0. The van der Waals surface area contributed by atoms with Crippen LogP contribution in [0.4, 0.5) is 0 Å². The first-order chi connectivity index (χ1) is 7.29. The van der Waals surface area contributed by atoms with Gasteiger partial charge in [-0.05, 0) is 25.0 Å². The summed E-state index contributed by atoms with van der Waals surface area (Å²) in [6, 6.07) is 3.98. The summed E-state index contributed by atoms with van der Waals surface area (Å²) >= 11 is 0. The minimum atomic E-state index is 0.115. The number of hydrogen-bond donors (Lipinski definition) is 0. The van der Waals surface area contributed by atoms with Gasteiger partial charge in [-0.15, -0.1) is 0 Å². The van der Waals surface area contributed by atoms with Crippen molar-refractivity contribution in [1.82, 2.24) is 9.88 Å². The number of pyridine rings is 1. The predicted molar refractivity (Wildman–Crippen MR) is 58.6 cm³/mol. The Bertz CT molecular complexity index is 331. The lowest BCUT2D eigenvalue weighted by atomic mass is 10.2. The van der Waals surface area contributed by atoms with Crippen molar-refractivity contribution >= 4 is 5.91 Å². The molecular weight excluding hydrogens is 188 g/mol. The maximum absolute atomic E-state index is 12.0. The molecule has 0 saturated heterocycles. The molecule has 80 valence electrons. The fraction of sp³-hybridized carbons (Fsp3) is 0.500. The lowest BCUT2D eigenvalue weighted by Crippen LogP contribution is -2.35. The van der Waals surface area contributed by atoms with Gasteiger partial charge in [0.15, 0.2) is 0 Å². The van der Waals surface area contributed by atoms with Crippen LogP contribution < -0.4 is 0 Å². The SMILES string of the molecule is CN(C(=O)c1ccncc1)C1CCCC1. The Morgan fingerprint density at radius 3 is 2.53 bits per heavy atom. The van der Waals surface area contributed by atoms with E-state index in [0.717, 1.165) is 18.4 Å². The van der Waals surface area contributed by atoms with Gasteiger partial charge in [-0.1, -0.05) is 12.8 Å². The van der Waals surface area contributed by atoms with Gasteiger partial charge in [0.2, 0.25) is 0 Å². The second kappa shape index (κ2) is 4.43. The Hall–Kier alpha value is -1.38. The molecule has 2 rings (SSSR count). The van der Waals surface area contributed by atoms with Crippen LogP contribution in [0.25, 0.3) is 0 Å². The summed E-state index contributed by atoms with van der Waals surface area (Å²) in [4.78, 5) is 17.8. The molecular formula is C12H16N2O. The van der Waals surface area contributed by atoms with Crippen LogP contribution in [0.2, 0.25) is 0 Å². The molecule has 1 aliphatic rings. The summed E-state index contributed by atoms with van der Waals surface area (Å²) in [5.41, 5.74) is 0.736. The van der Waals surface area contributed by atoms with E-state index < -0.39 is 0 Å². The van der Waals surface area contributed by atoms with Crippen LogP contribution in [0.3, 0.4) is 0 Å². The largest absolute Gasteiger partial charge is 0.339 e. The van der Waals surface area contributed by atoms with Crippen LogP contribution in [0.1, 0.15) is 36.0 Å². The summed E-state index contributed by atoms with van der Waals surface area (Å²) in [6.45, 7) is 0. The van der Waals surface area contributed by atoms with Gasteiger partial charge in [-0.25, -0.2) is 0 Å². The highest BCUT2D eigenvalue weighted by Crippen LogP contribution is 2.23. The standard InChI is InChI=1S/C12H16N2O/c1-14(11-4-2-3-5-11)12(15)10-6-8-13-9-7-10/h6-9,11H,2-5H2,1H3. The van der Waals surface area contributed by atoms with Crippen molar-refractivity contribution in [3.63, 3.8) is 0 Å². The van der Waals surface area contributed by atoms with Crippen LogP contribution in [0.15, 0.2) is 24.5 Å². The number of carbonyl (C=O) groups is 1. The smallest absolute Gasteiger partial charge is 0.253 e. The van der Waals surface area contributed by atoms with E-state index in [-0.39, 0.29) is 5.91 Å². The number of amides is 1. The molecule has 1 heterocycles. The molecule has 1 aromatic heterocycles. The van der Waals surface area contributed by atoms with Crippen LogP contribution >= 0.6 is 0 Å². The molecule has 0 atom stereocenters. The third kappa shape index (κ3) is 2.17. The normalized spacial score (nSPS) is 16.6. The van der Waals surface area contributed by atoms with Crippen molar-refractivity contribution < 1.29 is 4.79 Å². The zero-order valence-electron chi connectivity index (χ0n) is 9.02. The van der Waals surface area contributed by atoms with Crippen molar-refractivity contribution in [3.05, 3.63) is 30.1 Å². The first-order valence-electron chi connectivity index (χ1n) is 5.46. The minimum Gasteiger partial charge on any atom is -0.339 e. The van der Waals surface area contributed by atoms with Gasteiger partial charge in [0.05, 0.1) is 0 Å². The molecule has 15 heavy (non-hydrogen) atoms. The van der Waals surface area contributed by atoms with Crippen molar-refractivity contribution in [3.8, 4) is 0 Å². The minimum absolute atomic E-state index is 0.115. The van der Waals surface area contributed by atoms with E-state index in [4.69, 9.17) is 0 Å². The number of rotatable bonds is 2. The Balaban J connectivity index is 2.07. The average molecular weight is 204 g/mol. The molecule has 1 aliphatic carbocycles. The first kappa shape index (κ1) is 10.1. The van der Waals surface area contributed by atoms with Gasteiger partial charge in [0, 0.05) is 31.0 Å². The van der Waals surface area contributed by atoms with Crippen molar-refractivity contribution in [2.45, 2.75) is 31.7 Å². The summed E-state index contributed by atoms with van der Waals surface area (Å²) in [5.74, 6) is 0.115. The van der Waals surface area contributed by atoms with Gasteiger partial charge >= 0.3 is 0 Å². The molecule has 0 bridgehead atoms. The fourth-order valence-corrected chi connectivity index (χ4v) is 2.16. The molecule has 0 spiro atoms. The number of hydrogen-bond acceptors (Lipinski definition) is 2. The van der Waals surface area contributed by atoms with Crippen molar-refractivity contribution in [2.75, 3.05) is 7.05 Å². The van der Waals surface area contributed by atoms with Crippen LogP contribution in [0.5, 0.6) is 0 Å². The molecule has 0 aliphatic heterocycles. The van der Waals surface area contributed by atoms with Crippen molar-refractivity contribution in [2.24, 2.45) is 0 Å². The molecule has 3 heteroatoms. The Morgan fingerprint density at radius 2 is 1.93 bits per heavy atom. The zero-order chi connectivity index (χ0) is 10.7. The third-order valence-corrected chi connectivity index (χ3v) is 3.12. The molecule has 0 unspecified atom stereocenters. The Labute approximate surface area is 90.1 Å². The first-order valence-corrected chi connectivity index (χ1v) is 5.46. The number of carbonyl (C=O) groups excluding carboxylic acids is 1. The maximum Gasteiger partial charge on any atom is 0.253 e. The summed E-state index contributed by atoms with van der Waals surface area (Å²) < 4.78 is 0. The molecule has 1 amide bonds. The lowest BCUT2D eigenvalue weighted by molar-refractivity contribution is 0.0735. The fourth-order valence-electron chi connectivity index (χ4n) is 2.16.